The SMILES string of the molecule is CC1CCN(c2ccc(-c3c(C#N)c(-c4ccc(O)cc4F)nc4n[nH]c(N)c34)o2)CC1.COc1ccc(-c2nc3n[nH]c(C)c3c(-c3ccc(N4CCNCC4)cc3)c2C#N)c(C)c1. The third-order valence-corrected chi connectivity index (χ3v) is 12.3. The highest BCUT2D eigenvalue weighted by molar-refractivity contribution is 6.04. The van der Waals surface area contributed by atoms with Crippen LogP contribution in [0.5, 0.6) is 11.5 Å². The number of fused-ring (bicyclic) bond motifs is 2. The standard InChI is InChI=1S/C26H26N6O.C23H21FN6O2/c1-16-14-20(33-3)8-9-21(16)25-22(15-27)24(23-17(2)30-31-26(23)29-25)18-4-6-19(7-5-18)32-12-10-28-11-13-32;1-12-6-8-30(9-7-12)18-5-4-17(32-18)19-15(11-25)21(14-3-2-13(31)10-16(14)24)27-23-20(19)22(26)28-29-23/h4-9,14,28H,10-13H2,1-3H3,(H,29,30,31);2-5,10,12,31H,6-9H2,1H3,(H3,26,27,28,29). The van der Waals surface area contributed by atoms with Crippen molar-refractivity contribution in [1.82, 2.24) is 35.7 Å². The number of aromatic hydroxyl groups is 1. The number of phenolic OH excluding ortho intramolecular Hbond substituents is 1. The molecule has 0 unspecified atom stereocenters. The van der Waals surface area contributed by atoms with Crippen molar-refractivity contribution in [3.05, 3.63) is 101 Å². The fraction of sp³-hybridized carbons (Fsp3) is 0.265. The molecule has 2 aliphatic heterocycles. The lowest BCUT2D eigenvalue weighted by Gasteiger charge is -2.29. The number of piperazine rings is 1. The minimum atomic E-state index is -0.703. The minimum Gasteiger partial charge on any atom is -0.508 e. The number of hydrogen-bond acceptors (Lipinski definition) is 13. The number of nitrogen functional groups attached to an aromatic ring is 1. The number of H-pyrrole nitrogens is 2. The molecule has 0 amide bonds. The van der Waals surface area contributed by atoms with Gasteiger partial charge in [0.2, 0.25) is 0 Å². The lowest BCUT2D eigenvalue weighted by atomic mass is 9.92. The molecule has 328 valence electrons. The van der Waals surface area contributed by atoms with Gasteiger partial charge in [0.25, 0.3) is 0 Å². The lowest BCUT2D eigenvalue weighted by Crippen LogP contribution is -2.43. The Kier molecular flexibility index (Phi) is 11.5. The van der Waals surface area contributed by atoms with Gasteiger partial charge in [-0.3, -0.25) is 10.2 Å². The van der Waals surface area contributed by atoms with E-state index in [9.17, 15) is 20.0 Å². The summed E-state index contributed by atoms with van der Waals surface area (Å²) in [5, 5.41) is 49.0. The Hall–Kier alpha value is -7.95. The molecule has 0 saturated carbocycles. The van der Waals surface area contributed by atoms with Crippen LogP contribution in [0.2, 0.25) is 0 Å². The first kappa shape index (κ1) is 42.4. The summed E-state index contributed by atoms with van der Waals surface area (Å²) in [5.41, 5.74) is 14.7. The lowest BCUT2D eigenvalue weighted by molar-refractivity contribution is 0.414. The van der Waals surface area contributed by atoms with E-state index in [1.165, 1.54) is 17.8 Å². The van der Waals surface area contributed by atoms with Crippen molar-refractivity contribution in [3.63, 3.8) is 0 Å². The molecule has 0 radical (unpaired) electrons. The first-order chi connectivity index (χ1) is 31.6. The third-order valence-electron chi connectivity index (χ3n) is 12.3. The van der Waals surface area contributed by atoms with Gasteiger partial charge < -0.3 is 35.1 Å². The van der Waals surface area contributed by atoms with Gasteiger partial charge in [0.05, 0.1) is 46.0 Å². The molecule has 0 bridgehead atoms. The summed E-state index contributed by atoms with van der Waals surface area (Å²) in [4.78, 5) is 13.8. The number of anilines is 3. The molecule has 10 rings (SSSR count). The molecule has 16 heteroatoms. The average molecular weight is 871 g/mol. The highest BCUT2D eigenvalue weighted by Gasteiger charge is 2.27. The molecule has 65 heavy (non-hydrogen) atoms. The normalized spacial score (nSPS) is 14.3. The van der Waals surface area contributed by atoms with Gasteiger partial charge in [-0.15, -0.1) is 0 Å². The molecule has 8 aromatic rings. The van der Waals surface area contributed by atoms with Crippen molar-refractivity contribution in [1.29, 1.82) is 10.5 Å². The van der Waals surface area contributed by atoms with E-state index in [1.54, 1.807) is 13.2 Å². The number of hydrogen-bond donors (Lipinski definition) is 5. The number of furan rings is 1. The number of ether oxygens (including phenoxy) is 1. The van der Waals surface area contributed by atoms with Crippen LogP contribution in [0.4, 0.5) is 21.8 Å². The summed E-state index contributed by atoms with van der Waals surface area (Å²) in [6, 6.07) is 26.2. The molecule has 2 fully saturated rings. The number of aromatic amines is 2. The Morgan fingerprint density at radius 3 is 2.14 bits per heavy atom. The molecule has 0 aliphatic carbocycles. The van der Waals surface area contributed by atoms with Crippen LogP contribution in [0.1, 0.15) is 42.1 Å². The minimum absolute atomic E-state index is 0.0702. The largest absolute Gasteiger partial charge is 0.508 e. The molecule has 7 heterocycles. The van der Waals surface area contributed by atoms with E-state index in [0.29, 0.717) is 45.4 Å². The zero-order valence-electron chi connectivity index (χ0n) is 36.5. The molecule has 2 aliphatic rings. The van der Waals surface area contributed by atoms with Crippen LogP contribution >= 0.6 is 0 Å². The summed E-state index contributed by atoms with van der Waals surface area (Å²) < 4.78 is 26.2. The van der Waals surface area contributed by atoms with Gasteiger partial charge in [0, 0.05) is 79.5 Å². The molecular formula is C49H47FN12O3. The second-order valence-corrected chi connectivity index (χ2v) is 16.5. The predicted molar refractivity (Wildman–Crippen MR) is 249 cm³/mol. The Balaban J connectivity index is 0.000000164. The number of phenols is 1. The number of methoxy groups -OCH3 is 1. The Labute approximate surface area is 374 Å². The van der Waals surface area contributed by atoms with Gasteiger partial charge in [0.15, 0.2) is 17.2 Å². The number of piperidine rings is 1. The third kappa shape index (κ3) is 8.00. The van der Waals surface area contributed by atoms with E-state index in [2.05, 4.69) is 83.8 Å². The quantitative estimate of drug-likeness (QED) is 0.101. The average Bonchev–Trinajstić information content (AvgIpc) is 4.07. The topological polar surface area (TPSA) is 218 Å². The second-order valence-electron chi connectivity index (χ2n) is 16.5. The van der Waals surface area contributed by atoms with Gasteiger partial charge in [0.1, 0.15) is 41.0 Å². The molecule has 0 atom stereocenters. The maximum atomic E-state index is 14.7. The number of pyridine rings is 2. The van der Waals surface area contributed by atoms with E-state index in [4.69, 9.17) is 19.9 Å². The number of halogens is 1. The summed E-state index contributed by atoms with van der Waals surface area (Å²) >= 11 is 0. The molecule has 5 aromatic heterocycles. The number of benzene rings is 3. The first-order valence-corrected chi connectivity index (χ1v) is 21.5. The summed E-state index contributed by atoms with van der Waals surface area (Å²) in [5.74, 6) is 1.90. The highest BCUT2D eigenvalue weighted by atomic mass is 19.1. The van der Waals surface area contributed by atoms with Crippen molar-refractivity contribution in [2.75, 3.05) is 61.9 Å². The number of aromatic nitrogens is 6. The van der Waals surface area contributed by atoms with E-state index in [1.807, 2.05) is 38.1 Å². The van der Waals surface area contributed by atoms with Crippen LogP contribution in [0.15, 0.2) is 77.2 Å². The number of nitriles is 2. The van der Waals surface area contributed by atoms with Crippen molar-refractivity contribution in [3.8, 4) is 68.6 Å². The molecule has 2 saturated heterocycles. The number of nitrogens with one attached hydrogen (secondary N) is 3. The Bertz CT molecular complexity index is 3150. The van der Waals surface area contributed by atoms with Crippen molar-refractivity contribution in [2.45, 2.75) is 33.6 Å². The zero-order chi connectivity index (χ0) is 45.4. The first-order valence-electron chi connectivity index (χ1n) is 21.5. The van der Waals surface area contributed by atoms with Crippen molar-refractivity contribution >= 4 is 39.5 Å². The van der Waals surface area contributed by atoms with Gasteiger partial charge in [-0.25, -0.2) is 14.4 Å². The number of nitrogens with two attached hydrogens (primary N) is 1. The monoisotopic (exact) mass is 870 g/mol. The maximum absolute atomic E-state index is 14.7. The van der Waals surface area contributed by atoms with E-state index in [-0.39, 0.29) is 34.0 Å². The molecule has 0 spiro atoms. The summed E-state index contributed by atoms with van der Waals surface area (Å²) in [6.45, 7) is 12.0. The maximum Gasteiger partial charge on any atom is 0.196 e. The van der Waals surface area contributed by atoms with E-state index < -0.39 is 5.82 Å². The number of aryl methyl sites for hydroxylation is 2. The molecule has 6 N–H and O–H groups in total. The van der Waals surface area contributed by atoms with Crippen LogP contribution in [-0.4, -0.2) is 81.8 Å². The predicted octanol–water partition coefficient (Wildman–Crippen LogP) is 8.62. The molecule has 15 nitrogen and oxygen atoms in total. The van der Waals surface area contributed by atoms with Gasteiger partial charge in [-0.1, -0.05) is 19.1 Å². The fourth-order valence-electron chi connectivity index (χ4n) is 8.77. The van der Waals surface area contributed by atoms with E-state index >= 15 is 0 Å². The van der Waals surface area contributed by atoms with Crippen LogP contribution < -0.4 is 25.6 Å². The second kappa shape index (κ2) is 17.7. The molecular weight excluding hydrogens is 824 g/mol. The molecule has 3 aromatic carbocycles. The fourth-order valence-corrected chi connectivity index (χ4v) is 8.77. The van der Waals surface area contributed by atoms with Crippen LogP contribution in [-0.2, 0) is 0 Å². The van der Waals surface area contributed by atoms with Gasteiger partial charge in [-0.2, -0.15) is 20.7 Å². The number of rotatable bonds is 7. The highest BCUT2D eigenvalue weighted by Crippen LogP contribution is 2.42. The van der Waals surface area contributed by atoms with Crippen LogP contribution in [0, 0.1) is 48.2 Å². The van der Waals surface area contributed by atoms with Crippen LogP contribution in [0.3, 0.4) is 0 Å². The van der Waals surface area contributed by atoms with Crippen molar-refractivity contribution < 1.29 is 18.7 Å². The Morgan fingerprint density at radius 2 is 1.46 bits per heavy atom. The zero-order valence-corrected chi connectivity index (χ0v) is 36.5. The summed E-state index contributed by atoms with van der Waals surface area (Å²) in [6.07, 6.45) is 2.16. The Morgan fingerprint density at radius 1 is 0.800 bits per heavy atom. The van der Waals surface area contributed by atoms with Gasteiger partial charge in [-0.05, 0) is 92.3 Å². The smallest absolute Gasteiger partial charge is 0.196 e. The van der Waals surface area contributed by atoms with E-state index in [0.717, 1.165) is 97.3 Å². The summed E-state index contributed by atoms with van der Waals surface area (Å²) in [7, 11) is 1.65. The number of nitrogens with zero attached hydrogens (tertiary/aromatic N) is 8. The van der Waals surface area contributed by atoms with Gasteiger partial charge >= 0.3 is 0 Å². The van der Waals surface area contributed by atoms with Crippen molar-refractivity contribution in [2.24, 2.45) is 5.92 Å². The van der Waals surface area contributed by atoms with Crippen LogP contribution in [0.25, 0.3) is 67.0 Å².